The number of hydrogen-bond donors (Lipinski definition) is 1. The number of allylic oxidation sites excluding steroid dienone is 1. The first kappa shape index (κ1) is 21.7. The van der Waals surface area contributed by atoms with E-state index >= 15 is 0 Å². The Hall–Kier alpha value is -3.15. The molecule has 5 heterocycles. The maximum absolute atomic E-state index is 13.0. The van der Waals surface area contributed by atoms with Crippen molar-refractivity contribution in [1.82, 2.24) is 14.7 Å². The van der Waals surface area contributed by atoms with Crippen LogP contribution in [0.3, 0.4) is 0 Å². The Balaban J connectivity index is 1.44. The summed E-state index contributed by atoms with van der Waals surface area (Å²) in [6, 6.07) is 1.58. The lowest BCUT2D eigenvalue weighted by Gasteiger charge is -2.53. The average Bonchev–Trinajstić information content (AvgIpc) is 3.46. The maximum atomic E-state index is 13.0. The van der Waals surface area contributed by atoms with Crippen molar-refractivity contribution in [3.63, 3.8) is 0 Å². The van der Waals surface area contributed by atoms with Gasteiger partial charge in [-0.15, -0.1) is 11.3 Å². The molecule has 1 N–H and O–H groups in total. The number of hydrogen-bond acceptors (Lipinski definition) is 5. The molecule has 0 radical (unpaired) electrons. The minimum atomic E-state index is -5.12. The number of thiophene rings is 1. The zero-order chi connectivity index (χ0) is 23.7. The number of carboxylic acids is 1. The Morgan fingerprint density at radius 2 is 2.00 bits per heavy atom. The third-order valence-corrected chi connectivity index (χ3v) is 7.49. The second-order valence-corrected chi connectivity index (χ2v) is 9.40. The van der Waals surface area contributed by atoms with E-state index in [0.29, 0.717) is 30.0 Å². The van der Waals surface area contributed by atoms with Crippen LogP contribution >= 0.6 is 11.3 Å². The SMILES string of the molecule is O=C(O)C1=C(/C=C2\CCN(Cc3cccs3)C2=O)C2CCN(C(=O)C(F)(F)F)[C@@H]3C(=O)N1[C@H]23. The highest BCUT2D eigenvalue weighted by atomic mass is 32.1. The lowest BCUT2D eigenvalue weighted by molar-refractivity contribution is -0.198. The molecule has 4 aliphatic rings. The van der Waals surface area contributed by atoms with Crippen molar-refractivity contribution in [2.75, 3.05) is 13.1 Å². The highest BCUT2D eigenvalue weighted by molar-refractivity contribution is 7.09. The van der Waals surface area contributed by atoms with Gasteiger partial charge in [0.2, 0.25) is 5.91 Å². The first-order chi connectivity index (χ1) is 15.6. The molecule has 33 heavy (non-hydrogen) atoms. The van der Waals surface area contributed by atoms with Gasteiger partial charge in [0.15, 0.2) is 0 Å². The molecule has 5 rings (SSSR count). The third kappa shape index (κ3) is 3.26. The number of amides is 3. The van der Waals surface area contributed by atoms with Crippen LogP contribution in [0.25, 0.3) is 0 Å². The number of β-lactam (4-membered cyclic amide) rings is 1. The first-order valence-corrected chi connectivity index (χ1v) is 11.2. The summed E-state index contributed by atoms with van der Waals surface area (Å²) in [5.41, 5.74) is 0.356. The smallest absolute Gasteiger partial charge is 0.471 e. The second kappa shape index (κ2) is 7.44. The molecular formula is C21H18F3N3O5S. The van der Waals surface area contributed by atoms with Crippen molar-refractivity contribution < 1.29 is 37.5 Å². The highest BCUT2D eigenvalue weighted by Gasteiger charge is 2.65. The Morgan fingerprint density at radius 3 is 2.64 bits per heavy atom. The van der Waals surface area contributed by atoms with Crippen molar-refractivity contribution in [3.05, 3.63) is 45.3 Å². The van der Waals surface area contributed by atoms with E-state index in [4.69, 9.17) is 0 Å². The van der Waals surface area contributed by atoms with Gasteiger partial charge in [-0.1, -0.05) is 6.07 Å². The molecule has 174 valence electrons. The molecule has 12 heteroatoms. The number of nitrogens with zero attached hydrogens (tertiary/aromatic N) is 3. The molecule has 0 aromatic carbocycles. The van der Waals surface area contributed by atoms with Gasteiger partial charge in [-0.2, -0.15) is 13.2 Å². The van der Waals surface area contributed by atoms with Crippen LogP contribution in [0, 0.1) is 5.92 Å². The fourth-order valence-corrected chi connectivity index (χ4v) is 5.96. The molecule has 0 saturated carbocycles. The van der Waals surface area contributed by atoms with Gasteiger partial charge in [-0.25, -0.2) is 4.79 Å². The maximum Gasteiger partial charge on any atom is 0.471 e. The number of carboxylic acid groups (broad SMARTS) is 1. The number of carbonyl (C=O) groups is 4. The molecule has 0 aliphatic carbocycles. The molecule has 1 unspecified atom stereocenters. The summed E-state index contributed by atoms with van der Waals surface area (Å²) in [7, 11) is 0. The molecule has 0 spiro atoms. The summed E-state index contributed by atoms with van der Waals surface area (Å²) in [6.45, 7) is 0.583. The number of alkyl halides is 3. The average molecular weight is 481 g/mol. The Morgan fingerprint density at radius 1 is 1.24 bits per heavy atom. The highest BCUT2D eigenvalue weighted by Crippen LogP contribution is 2.50. The molecule has 3 saturated heterocycles. The van der Waals surface area contributed by atoms with Gasteiger partial charge >= 0.3 is 18.1 Å². The summed E-state index contributed by atoms with van der Waals surface area (Å²) >= 11 is 1.52. The molecule has 1 aromatic rings. The number of rotatable bonds is 4. The number of carbonyl (C=O) groups excluding carboxylic acids is 3. The summed E-state index contributed by atoms with van der Waals surface area (Å²) in [5, 5.41) is 11.7. The third-order valence-electron chi connectivity index (χ3n) is 6.63. The van der Waals surface area contributed by atoms with Crippen LogP contribution in [0.15, 0.2) is 40.4 Å². The number of piperidine rings is 1. The Labute approximate surface area is 189 Å². The van der Waals surface area contributed by atoms with Crippen molar-refractivity contribution in [2.24, 2.45) is 5.92 Å². The van der Waals surface area contributed by atoms with E-state index < -0.39 is 42.0 Å². The molecule has 1 aromatic heterocycles. The van der Waals surface area contributed by atoms with Gasteiger partial charge in [0, 0.05) is 29.5 Å². The summed E-state index contributed by atoms with van der Waals surface area (Å²) in [4.78, 5) is 53.5. The molecule has 8 nitrogen and oxygen atoms in total. The first-order valence-electron chi connectivity index (χ1n) is 10.3. The minimum absolute atomic E-state index is 0.0652. The number of likely N-dealkylation sites (tertiary alicyclic amines) is 2. The van der Waals surface area contributed by atoms with Crippen molar-refractivity contribution >= 4 is 35.0 Å². The van der Waals surface area contributed by atoms with Gasteiger partial charge < -0.3 is 14.9 Å². The fourth-order valence-electron chi connectivity index (χ4n) is 5.24. The van der Waals surface area contributed by atoms with Crippen molar-refractivity contribution in [2.45, 2.75) is 37.6 Å². The normalized spacial score (nSPS) is 28.0. The van der Waals surface area contributed by atoms with E-state index in [2.05, 4.69) is 0 Å². The van der Waals surface area contributed by atoms with E-state index in [1.807, 2.05) is 17.5 Å². The molecule has 0 bridgehead atoms. The lowest BCUT2D eigenvalue weighted by atomic mass is 9.77. The van der Waals surface area contributed by atoms with Crippen LogP contribution in [0.5, 0.6) is 0 Å². The largest absolute Gasteiger partial charge is 0.477 e. The Bertz CT molecular complexity index is 1130. The van der Waals surface area contributed by atoms with Crippen LogP contribution < -0.4 is 0 Å². The van der Waals surface area contributed by atoms with Gasteiger partial charge in [0.05, 0.1) is 12.6 Å². The summed E-state index contributed by atoms with van der Waals surface area (Å²) in [6.07, 6.45) is -3.17. The quantitative estimate of drug-likeness (QED) is 0.522. The molecule has 4 aliphatic heterocycles. The predicted molar refractivity (Wildman–Crippen MR) is 107 cm³/mol. The second-order valence-electron chi connectivity index (χ2n) is 8.37. The number of halogens is 3. The van der Waals surface area contributed by atoms with Crippen LogP contribution in [-0.2, 0) is 25.7 Å². The molecule has 3 fully saturated rings. The van der Waals surface area contributed by atoms with Gasteiger partial charge in [0.1, 0.15) is 11.7 Å². The van der Waals surface area contributed by atoms with E-state index in [0.717, 1.165) is 9.78 Å². The van der Waals surface area contributed by atoms with Crippen molar-refractivity contribution in [3.8, 4) is 0 Å². The minimum Gasteiger partial charge on any atom is -0.477 e. The lowest BCUT2D eigenvalue weighted by Crippen LogP contribution is -2.74. The zero-order valence-corrected chi connectivity index (χ0v) is 17.9. The monoisotopic (exact) mass is 481 g/mol. The molecular weight excluding hydrogens is 463 g/mol. The van der Waals surface area contributed by atoms with Crippen LogP contribution in [0.2, 0.25) is 0 Å². The van der Waals surface area contributed by atoms with Gasteiger partial charge in [-0.05, 0) is 35.9 Å². The fraction of sp³-hybridized carbons (Fsp3) is 0.429. The van der Waals surface area contributed by atoms with Gasteiger partial charge in [-0.3, -0.25) is 19.3 Å². The van der Waals surface area contributed by atoms with Crippen LogP contribution in [0.1, 0.15) is 17.7 Å². The predicted octanol–water partition coefficient (Wildman–Crippen LogP) is 1.75. The van der Waals surface area contributed by atoms with E-state index in [1.165, 1.54) is 17.4 Å². The zero-order valence-electron chi connectivity index (χ0n) is 17.0. The number of aliphatic carboxylic acids is 1. The standard InChI is InChI=1S/C21H18F3N3O5S/c22-21(23,24)20(32)26-6-4-12-13(15(19(30)31)27-14(12)16(26)18(27)29)8-10-3-5-25(17(10)28)9-11-2-1-7-33-11/h1-2,7-8,12,14,16H,3-6,9H2,(H,30,31)/b10-8+/t12?,14-,16+/m1/s1. The topological polar surface area (TPSA) is 98.2 Å². The summed E-state index contributed by atoms with van der Waals surface area (Å²) in [5.74, 6) is -5.12. The van der Waals surface area contributed by atoms with Crippen LogP contribution in [-0.4, -0.2) is 74.8 Å². The molecule has 3 amide bonds. The van der Waals surface area contributed by atoms with Crippen LogP contribution in [0.4, 0.5) is 13.2 Å². The van der Waals surface area contributed by atoms with Gasteiger partial charge in [0.25, 0.3) is 5.91 Å². The van der Waals surface area contributed by atoms with E-state index in [9.17, 15) is 37.5 Å². The van der Waals surface area contributed by atoms with E-state index in [-0.39, 0.29) is 30.1 Å². The van der Waals surface area contributed by atoms with E-state index in [1.54, 1.807) is 4.90 Å². The molecule has 3 atom stereocenters. The Kier molecular flexibility index (Phi) is 4.89. The van der Waals surface area contributed by atoms with Crippen molar-refractivity contribution in [1.29, 1.82) is 0 Å². The summed E-state index contributed by atoms with van der Waals surface area (Å²) < 4.78 is 39.0.